The van der Waals surface area contributed by atoms with Gasteiger partial charge in [0.2, 0.25) is 0 Å². The van der Waals surface area contributed by atoms with Crippen LogP contribution in [0.25, 0.3) is 11.0 Å². The summed E-state index contributed by atoms with van der Waals surface area (Å²) in [7, 11) is 0. The van der Waals surface area contributed by atoms with Gasteiger partial charge in [0.25, 0.3) is 0 Å². The molecule has 0 saturated carbocycles. The van der Waals surface area contributed by atoms with Crippen molar-refractivity contribution in [2.24, 2.45) is 0 Å². The molecule has 0 unspecified atom stereocenters. The normalized spacial score (nSPS) is 12.6. The first-order chi connectivity index (χ1) is 14.7. The van der Waals surface area contributed by atoms with Crippen molar-refractivity contribution in [1.82, 2.24) is 14.5 Å². The molecule has 2 aromatic carbocycles. The van der Waals surface area contributed by atoms with Crippen molar-refractivity contribution in [1.29, 1.82) is 0 Å². The number of aliphatic hydroxyl groups is 1. The molecule has 152 valence electrons. The summed E-state index contributed by atoms with van der Waals surface area (Å²) in [6.45, 7) is 1.16. The van der Waals surface area contributed by atoms with Crippen molar-refractivity contribution in [3.8, 4) is 17.2 Å². The predicted molar refractivity (Wildman–Crippen MR) is 115 cm³/mol. The Morgan fingerprint density at radius 3 is 2.97 bits per heavy atom. The quantitative estimate of drug-likeness (QED) is 0.474. The van der Waals surface area contributed by atoms with Crippen molar-refractivity contribution >= 4 is 34.1 Å². The lowest BCUT2D eigenvalue weighted by Crippen LogP contribution is -2.04. The molecular formula is C22H19ClN4O3. The molecule has 0 aliphatic carbocycles. The number of hydrogen-bond donors (Lipinski definition) is 2. The maximum atomic E-state index is 9.30. The van der Waals surface area contributed by atoms with Gasteiger partial charge < -0.3 is 24.5 Å². The summed E-state index contributed by atoms with van der Waals surface area (Å²) in [5.74, 6) is 2.83. The van der Waals surface area contributed by atoms with E-state index in [4.69, 9.17) is 21.1 Å². The van der Waals surface area contributed by atoms with Gasteiger partial charge in [-0.05, 0) is 36.4 Å². The zero-order chi connectivity index (χ0) is 20.5. The Morgan fingerprint density at radius 2 is 2.10 bits per heavy atom. The smallest absolute Gasteiger partial charge is 0.158 e. The number of rotatable bonds is 6. The zero-order valence-electron chi connectivity index (χ0n) is 16.0. The lowest BCUT2D eigenvalue weighted by molar-refractivity contribution is 0.278. The highest BCUT2D eigenvalue weighted by molar-refractivity contribution is 6.32. The van der Waals surface area contributed by atoms with Gasteiger partial charge in [0.1, 0.15) is 29.1 Å². The number of anilines is 2. The molecule has 3 heterocycles. The summed E-state index contributed by atoms with van der Waals surface area (Å²) >= 11 is 6.51. The van der Waals surface area contributed by atoms with Crippen LogP contribution in [0.15, 0.2) is 55.0 Å². The van der Waals surface area contributed by atoms with E-state index < -0.39 is 0 Å². The van der Waals surface area contributed by atoms with E-state index in [2.05, 4.69) is 15.3 Å². The van der Waals surface area contributed by atoms with Gasteiger partial charge >= 0.3 is 0 Å². The average Bonchev–Trinajstić information content (AvgIpc) is 3.39. The fourth-order valence-corrected chi connectivity index (χ4v) is 3.84. The Hall–Kier alpha value is -3.29. The third-order valence-corrected chi connectivity index (χ3v) is 5.30. The summed E-state index contributed by atoms with van der Waals surface area (Å²) in [4.78, 5) is 8.65. The highest BCUT2D eigenvalue weighted by atomic mass is 35.5. The third-order valence-electron chi connectivity index (χ3n) is 5.01. The van der Waals surface area contributed by atoms with Gasteiger partial charge in [-0.25, -0.2) is 9.97 Å². The van der Waals surface area contributed by atoms with Crippen LogP contribution in [0.2, 0.25) is 5.02 Å². The van der Waals surface area contributed by atoms with Gasteiger partial charge in [0.05, 0.1) is 23.8 Å². The van der Waals surface area contributed by atoms with Crippen LogP contribution in [0.4, 0.5) is 11.5 Å². The third kappa shape index (κ3) is 3.42. The highest BCUT2D eigenvalue weighted by Crippen LogP contribution is 2.38. The first-order valence-corrected chi connectivity index (χ1v) is 10.0. The van der Waals surface area contributed by atoms with Gasteiger partial charge in [0.15, 0.2) is 5.82 Å². The first-order valence-electron chi connectivity index (χ1n) is 9.63. The van der Waals surface area contributed by atoms with E-state index in [1.54, 1.807) is 6.07 Å². The number of nitrogens with zero attached hydrogens (tertiary/aromatic N) is 3. The molecule has 2 N–H and O–H groups in total. The maximum Gasteiger partial charge on any atom is 0.158 e. The maximum absolute atomic E-state index is 9.30. The van der Waals surface area contributed by atoms with Gasteiger partial charge in [-0.15, -0.1) is 0 Å². The van der Waals surface area contributed by atoms with Gasteiger partial charge in [0, 0.05) is 30.4 Å². The Labute approximate surface area is 177 Å². The summed E-state index contributed by atoms with van der Waals surface area (Å²) in [6.07, 6.45) is 4.21. The Balaban J connectivity index is 1.42. The van der Waals surface area contributed by atoms with Crippen LogP contribution in [0, 0.1) is 0 Å². The molecule has 30 heavy (non-hydrogen) atoms. The molecule has 0 bridgehead atoms. The molecule has 0 fully saturated rings. The Kier molecular flexibility index (Phi) is 4.90. The van der Waals surface area contributed by atoms with E-state index >= 15 is 0 Å². The molecule has 7 nitrogen and oxygen atoms in total. The number of ether oxygens (including phenoxy) is 2. The fraction of sp³-hybridized carbons (Fsp3) is 0.182. The summed E-state index contributed by atoms with van der Waals surface area (Å²) in [5.41, 5.74) is 3.45. The molecule has 4 aromatic rings. The molecule has 2 aromatic heterocycles. The van der Waals surface area contributed by atoms with Crippen LogP contribution < -0.4 is 14.8 Å². The minimum absolute atomic E-state index is 0.0320. The van der Waals surface area contributed by atoms with E-state index in [-0.39, 0.29) is 6.61 Å². The van der Waals surface area contributed by atoms with Crippen LogP contribution in [0.1, 0.15) is 5.56 Å². The van der Waals surface area contributed by atoms with Gasteiger partial charge in [-0.1, -0.05) is 17.7 Å². The van der Waals surface area contributed by atoms with Crippen molar-refractivity contribution in [2.45, 2.75) is 13.0 Å². The summed E-state index contributed by atoms with van der Waals surface area (Å²) < 4.78 is 13.6. The van der Waals surface area contributed by atoms with E-state index in [0.717, 1.165) is 40.2 Å². The molecule has 1 aliphatic rings. The first kappa shape index (κ1) is 18.7. The number of aliphatic hydroxyl groups excluding tert-OH is 1. The number of fused-ring (bicyclic) bond motifs is 2. The monoisotopic (exact) mass is 422 g/mol. The van der Waals surface area contributed by atoms with Crippen LogP contribution in [0.3, 0.4) is 0 Å². The van der Waals surface area contributed by atoms with Crippen molar-refractivity contribution < 1.29 is 14.6 Å². The van der Waals surface area contributed by atoms with Crippen molar-refractivity contribution in [2.75, 3.05) is 18.5 Å². The van der Waals surface area contributed by atoms with Crippen LogP contribution in [-0.4, -0.2) is 32.9 Å². The molecule has 0 atom stereocenters. The van der Waals surface area contributed by atoms with Crippen molar-refractivity contribution in [3.63, 3.8) is 0 Å². The molecule has 0 saturated heterocycles. The minimum Gasteiger partial charge on any atom is -0.493 e. The molecule has 0 amide bonds. The molecule has 1 aliphatic heterocycles. The van der Waals surface area contributed by atoms with Crippen LogP contribution >= 0.6 is 11.6 Å². The molecule has 8 heteroatoms. The lowest BCUT2D eigenvalue weighted by Gasteiger charge is -2.13. The lowest BCUT2D eigenvalue weighted by atomic mass is 10.1. The Bertz CT molecular complexity index is 1220. The van der Waals surface area contributed by atoms with Crippen LogP contribution in [-0.2, 0) is 13.0 Å². The number of hydrogen-bond acceptors (Lipinski definition) is 6. The fourth-order valence-electron chi connectivity index (χ4n) is 3.62. The standard InChI is InChI=1S/C22H19ClN4O3/c23-16-12-14(26-22-21-17(24-13-25-22)6-8-27(21)9-10-28)4-5-20(16)30-19-3-1-2-18-15(19)7-11-29-18/h1-6,8,12-13,28H,7,9-11H2,(H,24,25,26). The van der Waals surface area contributed by atoms with Gasteiger partial charge in [-0.3, -0.25) is 0 Å². The molecule has 0 radical (unpaired) electrons. The largest absolute Gasteiger partial charge is 0.493 e. The predicted octanol–water partition coefficient (Wildman–Crippen LogP) is 4.55. The topological polar surface area (TPSA) is 81.4 Å². The highest BCUT2D eigenvalue weighted by Gasteiger charge is 2.18. The molecule has 0 spiro atoms. The molecule has 5 rings (SSSR count). The number of benzene rings is 2. The minimum atomic E-state index is 0.0320. The van der Waals surface area contributed by atoms with E-state index in [1.807, 2.05) is 47.2 Å². The molecular weight excluding hydrogens is 404 g/mol. The second kappa shape index (κ2) is 7.85. The zero-order valence-corrected chi connectivity index (χ0v) is 16.8. The van der Waals surface area contributed by atoms with E-state index in [9.17, 15) is 5.11 Å². The number of nitrogens with one attached hydrogen (secondary N) is 1. The summed E-state index contributed by atoms with van der Waals surface area (Å²) in [6, 6.07) is 13.2. The number of aromatic nitrogens is 3. The average molecular weight is 423 g/mol. The van der Waals surface area contributed by atoms with Crippen molar-refractivity contribution in [3.05, 3.63) is 65.6 Å². The Morgan fingerprint density at radius 1 is 1.17 bits per heavy atom. The number of halogens is 1. The van der Waals surface area contributed by atoms with E-state index in [0.29, 0.717) is 29.7 Å². The second-order valence-corrected chi connectivity index (χ2v) is 7.30. The summed E-state index contributed by atoms with van der Waals surface area (Å²) in [5, 5.41) is 13.1. The second-order valence-electron chi connectivity index (χ2n) is 6.89. The van der Waals surface area contributed by atoms with Crippen LogP contribution in [0.5, 0.6) is 17.2 Å². The SMILES string of the molecule is OCCn1ccc2ncnc(Nc3ccc(Oc4cccc5c4CCO5)c(Cl)c3)c21. The van der Waals surface area contributed by atoms with E-state index in [1.165, 1.54) is 6.33 Å². The van der Waals surface area contributed by atoms with Gasteiger partial charge in [-0.2, -0.15) is 0 Å².